The summed E-state index contributed by atoms with van der Waals surface area (Å²) < 4.78 is 11.2. The van der Waals surface area contributed by atoms with Crippen molar-refractivity contribution < 1.29 is 14.3 Å². The molecule has 0 unspecified atom stereocenters. The van der Waals surface area contributed by atoms with E-state index < -0.39 is 5.41 Å². The van der Waals surface area contributed by atoms with Gasteiger partial charge in [0.15, 0.2) is 11.5 Å². The van der Waals surface area contributed by atoms with Crippen LogP contribution in [0, 0.1) is 0 Å². The smallest absolute Gasteiger partial charge is 0.230 e. The number of para-hydroxylation sites is 1. The van der Waals surface area contributed by atoms with Gasteiger partial charge in [-0.15, -0.1) is 0 Å². The summed E-state index contributed by atoms with van der Waals surface area (Å²) in [7, 11) is 0. The predicted octanol–water partition coefficient (Wildman–Crippen LogP) is 3.71. The number of ether oxygens (including phenoxy) is 2. The summed E-state index contributed by atoms with van der Waals surface area (Å²) in [6, 6.07) is 13.1. The van der Waals surface area contributed by atoms with Gasteiger partial charge in [0.2, 0.25) is 5.91 Å². The minimum absolute atomic E-state index is 0.0563. The number of nitrogens with one attached hydrogen (secondary N) is 1. The normalized spacial score (nSPS) is 13.5. The third kappa shape index (κ3) is 3.34. The van der Waals surface area contributed by atoms with E-state index in [9.17, 15) is 4.79 Å². The maximum atomic E-state index is 12.7. The molecule has 0 atom stereocenters. The second-order valence-electron chi connectivity index (χ2n) is 6.26. The first-order valence-electron chi connectivity index (χ1n) is 7.90. The minimum atomic E-state index is -0.656. The quantitative estimate of drug-likeness (QED) is 0.919. The van der Waals surface area contributed by atoms with E-state index >= 15 is 0 Å². The van der Waals surface area contributed by atoms with Crippen LogP contribution >= 0.6 is 11.6 Å². The van der Waals surface area contributed by atoms with E-state index in [2.05, 4.69) is 5.32 Å². The lowest BCUT2D eigenvalue weighted by atomic mass is 9.83. The van der Waals surface area contributed by atoms with Crippen molar-refractivity contribution in [3.8, 4) is 11.5 Å². The van der Waals surface area contributed by atoms with Crippen molar-refractivity contribution in [2.75, 3.05) is 13.2 Å². The van der Waals surface area contributed by atoms with E-state index in [1.54, 1.807) is 12.1 Å². The molecule has 0 spiro atoms. The Balaban J connectivity index is 1.72. The highest BCUT2D eigenvalue weighted by molar-refractivity contribution is 6.30. The van der Waals surface area contributed by atoms with Gasteiger partial charge in [-0.1, -0.05) is 35.9 Å². The molecular formula is C19H20ClNO3. The number of hydrogen-bond donors (Lipinski definition) is 1. The Hall–Kier alpha value is -2.20. The molecule has 4 nitrogen and oxygen atoms in total. The van der Waals surface area contributed by atoms with Crippen LogP contribution in [0.3, 0.4) is 0 Å². The van der Waals surface area contributed by atoms with Gasteiger partial charge in [-0.2, -0.15) is 0 Å². The molecule has 3 rings (SSSR count). The Bertz CT molecular complexity index is 741. The number of halogens is 1. The topological polar surface area (TPSA) is 47.6 Å². The summed E-state index contributed by atoms with van der Waals surface area (Å²) >= 11 is 5.92. The van der Waals surface area contributed by atoms with Crippen LogP contribution in [0.5, 0.6) is 11.5 Å². The van der Waals surface area contributed by atoms with Crippen molar-refractivity contribution in [2.24, 2.45) is 0 Å². The number of hydrogen-bond acceptors (Lipinski definition) is 3. The maximum absolute atomic E-state index is 12.7. The molecule has 0 fully saturated rings. The van der Waals surface area contributed by atoms with Gasteiger partial charge >= 0.3 is 0 Å². The van der Waals surface area contributed by atoms with Crippen LogP contribution in [-0.2, 0) is 16.8 Å². The average molecular weight is 346 g/mol. The van der Waals surface area contributed by atoms with Crippen molar-refractivity contribution >= 4 is 17.5 Å². The minimum Gasteiger partial charge on any atom is -0.486 e. The van der Waals surface area contributed by atoms with Crippen LogP contribution in [0.2, 0.25) is 5.02 Å². The van der Waals surface area contributed by atoms with E-state index in [1.165, 1.54) is 0 Å². The molecule has 1 N–H and O–H groups in total. The van der Waals surface area contributed by atoms with Gasteiger partial charge in [0.25, 0.3) is 0 Å². The molecule has 24 heavy (non-hydrogen) atoms. The van der Waals surface area contributed by atoms with Crippen molar-refractivity contribution in [1.29, 1.82) is 0 Å². The van der Waals surface area contributed by atoms with E-state index in [0.717, 1.165) is 16.9 Å². The van der Waals surface area contributed by atoms with Crippen LogP contribution in [0.4, 0.5) is 0 Å². The summed E-state index contributed by atoms with van der Waals surface area (Å²) in [6.07, 6.45) is 0. The number of benzene rings is 2. The Kier molecular flexibility index (Phi) is 4.67. The molecule has 2 aromatic carbocycles. The summed E-state index contributed by atoms with van der Waals surface area (Å²) in [5.41, 5.74) is 1.17. The highest BCUT2D eigenvalue weighted by Crippen LogP contribution is 2.33. The molecule has 0 saturated heterocycles. The molecule has 0 aromatic heterocycles. The lowest BCUT2D eigenvalue weighted by Gasteiger charge is -2.25. The number of fused-ring (bicyclic) bond motifs is 1. The van der Waals surface area contributed by atoms with Gasteiger partial charge in [-0.05, 0) is 37.6 Å². The van der Waals surface area contributed by atoms with Gasteiger partial charge in [0.1, 0.15) is 13.2 Å². The van der Waals surface area contributed by atoms with Crippen LogP contribution < -0.4 is 14.8 Å². The molecule has 0 radical (unpaired) electrons. The number of rotatable bonds is 4. The second kappa shape index (κ2) is 6.73. The monoisotopic (exact) mass is 345 g/mol. The highest BCUT2D eigenvalue weighted by atomic mass is 35.5. The summed E-state index contributed by atoms with van der Waals surface area (Å²) in [6.45, 7) is 5.25. The zero-order valence-corrected chi connectivity index (χ0v) is 14.5. The fourth-order valence-electron chi connectivity index (χ4n) is 2.67. The highest BCUT2D eigenvalue weighted by Gasteiger charge is 2.29. The number of amides is 1. The fraction of sp³-hybridized carbons (Fsp3) is 0.316. The lowest BCUT2D eigenvalue weighted by molar-refractivity contribution is -0.125. The van der Waals surface area contributed by atoms with E-state index in [0.29, 0.717) is 30.5 Å². The Morgan fingerprint density at radius 3 is 2.58 bits per heavy atom. The first kappa shape index (κ1) is 16.7. The van der Waals surface area contributed by atoms with Gasteiger partial charge in [-0.3, -0.25) is 4.79 Å². The van der Waals surface area contributed by atoms with Gasteiger partial charge in [-0.25, -0.2) is 0 Å². The lowest BCUT2D eigenvalue weighted by Crippen LogP contribution is -2.39. The number of carbonyl (C=O) groups is 1. The molecular weight excluding hydrogens is 326 g/mol. The summed E-state index contributed by atoms with van der Waals surface area (Å²) in [4.78, 5) is 12.7. The summed E-state index contributed by atoms with van der Waals surface area (Å²) in [5.74, 6) is 1.39. The third-order valence-electron chi connectivity index (χ3n) is 4.22. The van der Waals surface area contributed by atoms with Crippen molar-refractivity contribution in [3.63, 3.8) is 0 Å². The van der Waals surface area contributed by atoms with Crippen molar-refractivity contribution in [2.45, 2.75) is 25.8 Å². The van der Waals surface area contributed by atoms with Crippen LogP contribution in [0.15, 0.2) is 42.5 Å². The molecule has 1 aliphatic heterocycles. The fourth-order valence-corrected chi connectivity index (χ4v) is 2.79. The molecule has 0 aliphatic carbocycles. The van der Waals surface area contributed by atoms with Gasteiger partial charge in [0.05, 0.1) is 5.41 Å². The number of carbonyl (C=O) groups excluding carboxylic acids is 1. The zero-order valence-electron chi connectivity index (χ0n) is 13.8. The molecule has 0 saturated carbocycles. The SMILES string of the molecule is CC(C)(C(=O)NCc1cccc2c1OCCO2)c1ccc(Cl)cc1. The molecule has 0 bridgehead atoms. The van der Waals surface area contributed by atoms with E-state index in [-0.39, 0.29) is 5.91 Å². The molecule has 126 valence electrons. The molecule has 1 aliphatic rings. The van der Waals surface area contributed by atoms with Crippen LogP contribution in [0.1, 0.15) is 25.0 Å². The molecule has 1 amide bonds. The van der Waals surface area contributed by atoms with Gasteiger partial charge in [0, 0.05) is 17.1 Å². The Labute approximate surface area is 146 Å². The molecule has 1 heterocycles. The van der Waals surface area contributed by atoms with Crippen LogP contribution in [-0.4, -0.2) is 19.1 Å². The molecule has 5 heteroatoms. The Morgan fingerprint density at radius 2 is 1.83 bits per heavy atom. The Morgan fingerprint density at radius 1 is 1.12 bits per heavy atom. The van der Waals surface area contributed by atoms with Crippen LogP contribution in [0.25, 0.3) is 0 Å². The van der Waals surface area contributed by atoms with Gasteiger partial charge < -0.3 is 14.8 Å². The summed E-state index contributed by atoms with van der Waals surface area (Å²) in [5, 5.41) is 3.65. The first-order chi connectivity index (χ1) is 11.5. The molecule has 2 aromatic rings. The second-order valence-corrected chi connectivity index (χ2v) is 6.69. The van der Waals surface area contributed by atoms with Crippen molar-refractivity contribution in [3.05, 3.63) is 58.6 Å². The third-order valence-corrected chi connectivity index (χ3v) is 4.47. The maximum Gasteiger partial charge on any atom is 0.230 e. The predicted molar refractivity (Wildman–Crippen MR) is 93.8 cm³/mol. The largest absolute Gasteiger partial charge is 0.486 e. The standard InChI is InChI=1S/C19H20ClNO3/c1-19(2,14-6-8-15(20)9-7-14)18(22)21-12-13-4-3-5-16-17(13)24-11-10-23-16/h3-9H,10-12H2,1-2H3,(H,21,22). The van der Waals surface area contributed by atoms with E-state index in [1.807, 2.05) is 44.2 Å². The average Bonchev–Trinajstić information content (AvgIpc) is 2.60. The first-order valence-corrected chi connectivity index (χ1v) is 8.28. The van der Waals surface area contributed by atoms with Crippen molar-refractivity contribution in [1.82, 2.24) is 5.32 Å². The van der Waals surface area contributed by atoms with E-state index in [4.69, 9.17) is 21.1 Å². The zero-order chi connectivity index (χ0) is 17.2.